The number of nitrogens with two attached hydrogens (primary N) is 1. The molecule has 2 atom stereocenters. The second kappa shape index (κ2) is 5.55. The molecule has 4 nitrogen and oxygen atoms in total. The molecule has 13 heavy (non-hydrogen) atoms. The molecule has 0 aromatic rings. The third kappa shape index (κ3) is 3.43. The molecule has 0 aliphatic heterocycles. The molecule has 0 aliphatic rings. The van der Waals surface area contributed by atoms with E-state index < -0.39 is 6.04 Å². The first-order valence-electron chi connectivity index (χ1n) is 4.42. The minimum atomic E-state index is -0.483. The number of rotatable bonds is 4. The number of nitriles is 1. The quantitative estimate of drug-likeness (QED) is 0.639. The number of carbonyl (C=O) groups is 1. The van der Waals surface area contributed by atoms with Crippen molar-refractivity contribution in [3.05, 3.63) is 0 Å². The fourth-order valence-corrected chi connectivity index (χ4v) is 0.936. The highest BCUT2D eigenvalue weighted by Crippen LogP contribution is 2.07. The Morgan fingerprint density at radius 2 is 2.23 bits per heavy atom. The van der Waals surface area contributed by atoms with Gasteiger partial charge in [0.25, 0.3) is 0 Å². The number of likely N-dealkylation sites (N-methyl/N-ethyl adjacent to an activating group) is 1. The lowest BCUT2D eigenvalue weighted by atomic mass is 9.99. The zero-order valence-electron chi connectivity index (χ0n) is 8.45. The molecule has 0 aromatic carbocycles. The van der Waals surface area contributed by atoms with Crippen molar-refractivity contribution >= 4 is 5.91 Å². The highest BCUT2D eigenvalue weighted by molar-refractivity contribution is 5.81. The number of hydrogen-bond acceptors (Lipinski definition) is 3. The topological polar surface area (TPSA) is 70.1 Å². The van der Waals surface area contributed by atoms with E-state index in [1.54, 1.807) is 7.05 Å². The first-order valence-corrected chi connectivity index (χ1v) is 4.42. The van der Waals surface area contributed by atoms with Gasteiger partial charge in [-0.2, -0.15) is 5.26 Å². The summed E-state index contributed by atoms with van der Waals surface area (Å²) < 4.78 is 0. The SMILES string of the molecule is CC[C@H](C)[C@H](N)C(=O)N(C)CC#N. The van der Waals surface area contributed by atoms with Crippen LogP contribution < -0.4 is 5.73 Å². The van der Waals surface area contributed by atoms with Gasteiger partial charge in [0, 0.05) is 7.05 Å². The highest BCUT2D eigenvalue weighted by Gasteiger charge is 2.22. The van der Waals surface area contributed by atoms with E-state index in [-0.39, 0.29) is 18.4 Å². The van der Waals surface area contributed by atoms with Gasteiger partial charge >= 0.3 is 0 Å². The van der Waals surface area contributed by atoms with Crippen LogP contribution in [0.25, 0.3) is 0 Å². The van der Waals surface area contributed by atoms with Gasteiger partial charge in [-0.05, 0) is 5.92 Å². The summed E-state index contributed by atoms with van der Waals surface area (Å²) in [6.45, 7) is 4.02. The van der Waals surface area contributed by atoms with Crippen LogP contribution in [-0.4, -0.2) is 30.4 Å². The lowest BCUT2D eigenvalue weighted by molar-refractivity contribution is -0.131. The summed E-state index contributed by atoms with van der Waals surface area (Å²) >= 11 is 0. The highest BCUT2D eigenvalue weighted by atomic mass is 16.2. The summed E-state index contributed by atoms with van der Waals surface area (Å²) in [7, 11) is 1.59. The van der Waals surface area contributed by atoms with E-state index in [1.807, 2.05) is 19.9 Å². The molecular formula is C9H17N3O. The summed E-state index contributed by atoms with van der Waals surface area (Å²) in [5.41, 5.74) is 5.70. The fraction of sp³-hybridized carbons (Fsp3) is 0.778. The Balaban J connectivity index is 4.18. The van der Waals surface area contributed by atoms with Gasteiger partial charge in [0.1, 0.15) is 6.54 Å². The number of amides is 1. The van der Waals surface area contributed by atoms with Crippen LogP contribution in [0.1, 0.15) is 20.3 Å². The Kier molecular flexibility index (Phi) is 5.09. The van der Waals surface area contributed by atoms with Crippen LogP contribution in [-0.2, 0) is 4.79 Å². The Labute approximate surface area is 79.3 Å². The van der Waals surface area contributed by atoms with Gasteiger partial charge in [0.2, 0.25) is 5.91 Å². The second-order valence-corrected chi connectivity index (χ2v) is 3.26. The second-order valence-electron chi connectivity index (χ2n) is 3.26. The summed E-state index contributed by atoms with van der Waals surface area (Å²) in [6.07, 6.45) is 0.868. The van der Waals surface area contributed by atoms with E-state index in [9.17, 15) is 4.79 Å². The minimum absolute atomic E-state index is 0.100. The summed E-state index contributed by atoms with van der Waals surface area (Å²) in [6, 6.07) is 1.43. The van der Waals surface area contributed by atoms with Crippen LogP contribution >= 0.6 is 0 Å². The molecule has 0 heterocycles. The molecule has 0 spiro atoms. The average Bonchev–Trinajstić information content (AvgIpc) is 2.14. The fourth-order valence-electron chi connectivity index (χ4n) is 0.936. The monoisotopic (exact) mass is 183 g/mol. The first-order chi connectivity index (χ1) is 6.04. The van der Waals surface area contributed by atoms with Crippen molar-refractivity contribution in [1.82, 2.24) is 4.90 Å². The molecule has 4 heteroatoms. The van der Waals surface area contributed by atoms with Crippen LogP contribution in [0, 0.1) is 17.2 Å². The van der Waals surface area contributed by atoms with Crippen LogP contribution in [0.4, 0.5) is 0 Å². The van der Waals surface area contributed by atoms with Gasteiger partial charge in [0.05, 0.1) is 12.1 Å². The Morgan fingerprint density at radius 1 is 1.69 bits per heavy atom. The molecule has 1 amide bonds. The van der Waals surface area contributed by atoms with Crippen LogP contribution in [0.15, 0.2) is 0 Å². The Morgan fingerprint density at radius 3 is 2.62 bits per heavy atom. The molecule has 0 aliphatic carbocycles. The zero-order chi connectivity index (χ0) is 10.4. The molecule has 0 unspecified atom stereocenters. The molecule has 0 radical (unpaired) electrons. The number of carbonyl (C=O) groups excluding carboxylic acids is 1. The van der Waals surface area contributed by atoms with E-state index in [4.69, 9.17) is 11.0 Å². The maximum Gasteiger partial charge on any atom is 0.240 e. The largest absolute Gasteiger partial charge is 0.331 e. The summed E-state index contributed by atoms with van der Waals surface area (Å²) in [4.78, 5) is 12.8. The van der Waals surface area contributed by atoms with Crippen molar-refractivity contribution in [1.29, 1.82) is 5.26 Å². The van der Waals surface area contributed by atoms with Crippen molar-refractivity contribution < 1.29 is 4.79 Å². The lowest BCUT2D eigenvalue weighted by Crippen LogP contribution is -2.45. The smallest absolute Gasteiger partial charge is 0.240 e. The van der Waals surface area contributed by atoms with Crippen LogP contribution in [0.3, 0.4) is 0 Å². The van der Waals surface area contributed by atoms with Gasteiger partial charge < -0.3 is 10.6 Å². The summed E-state index contributed by atoms with van der Waals surface area (Å²) in [5.74, 6) is 0.00421. The molecule has 0 rings (SSSR count). The van der Waals surface area contributed by atoms with Crippen LogP contribution in [0.5, 0.6) is 0 Å². The van der Waals surface area contributed by atoms with Gasteiger partial charge in [-0.15, -0.1) is 0 Å². The molecule has 0 saturated carbocycles. The normalized spacial score (nSPS) is 14.4. The van der Waals surface area contributed by atoms with E-state index in [0.717, 1.165) is 6.42 Å². The maximum absolute atomic E-state index is 11.5. The van der Waals surface area contributed by atoms with Crippen molar-refractivity contribution in [2.45, 2.75) is 26.3 Å². The zero-order valence-corrected chi connectivity index (χ0v) is 8.45. The van der Waals surface area contributed by atoms with Gasteiger partial charge in [-0.3, -0.25) is 4.79 Å². The number of hydrogen-bond donors (Lipinski definition) is 1. The molecule has 2 N–H and O–H groups in total. The molecule has 0 fully saturated rings. The summed E-state index contributed by atoms with van der Waals surface area (Å²) in [5, 5.41) is 8.38. The average molecular weight is 183 g/mol. The van der Waals surface area contributed by atoms with Gasteiger partial charge in [-0.25, -0.2) is 0 Å². The third-order valence-electron chi connectivity index (χ3n) is 2.23. The van der Waals surface area contributed by atoms with Crippen molar-refractivity contribution in [2.24, 2.45) is 11.7 Å². The minimum Gasteiger partial charge on any atom is -0.331 e. The van der Waals surface area contributed by atoms with Crippen LogP contribution in [0.2, 0.25) is 0 Å². The predicted molar refractivity (Wildman–Crippen MR) is 50.7 cm³/mol. The molecule has 0 saturated heterocycles. The standard InChI is InChI=1S/C9H17N3O/c1-4-7(2)8(11)9(13)12(3)6-5-10/h7-8H,4,6,11H2,1-3H3/t7-,8-/m0/s1. The van der Waals surface area contributed by atoms with Crippen molar-refractivity contribution in [3.63, 3.8) is 0 Å². The first kappa shape index (κ1) is 11.9. The molecule has 0 aromatic heterocycles. The number of nitrogens with zero attached hydrogens (tertiary/aromatic N) is 2. The van der Waals surface area contributed by atoms with E-state index >= 15 is 0 Å². The van der Waals surface area contributed by atoms with Crippen molar-refractivity contribution in [2.75, 3.05) is 13.6 Å². The van der Waals surface area contributed by atoms with Crippen molar-refractivity contribution in [3.8, 4) is 6.07 Å². The van der Waals surface area contributed by atoms with Gasteiger partial charge in [0.15, 0.2) is 0 Å². The Bertz CT molecular complexity index is 209. The lowest BCUT2D eigenvalue weighted by Gasteiger charge is -2.22. The van der Waals surface area contributed by atoms with E-state index in [0.29, 0.717) is 0 Å². The molecular weight excluding hydrogens is 166 g/mol. The maximum atomic E-state index is 11.5. The van der Waals surface area contributed by atoms with E-state index in [2.05, 4.69) is 0 Å². The molecule has 0 bridgehead atoms. The van der Waals surface area contributed by atoms with E-state index in [1.165, 1.54) is 4.90 Å². The predicted octanol–water partition coefficient (Wildman–Crippen LogP) is 0.342. The third-order valence-corrected chi connectivity index (χ3v) is 2.23. The molecule has 74 valence electrons. The van der Waals surface area contributed by atoms with Gasteiger partial charge in [-0.1, -0.05) is 20.3 Å². The Hall–Kier alpha value is -1.08.